The van der Waals surface area contributed by atoms with Gasteiger partial charge in [-0.15, -0.1) is 0 Å². The first-order valence-corrected chi connectivity index (χ1v) is 13.4. The van der Waals surface area contributed by atoms with Crippen molar-refractivity contribution >= 4 is 29.3 Å². The molecule has 0 spiro atoms. The Labute approximate surface area is 226 Å². The van der Waals surface area contributed by atoms with Crippen molar-refractivity contribution in [2.75, 3.05) is 17.8 Å². The van der Waals surface area contributed by atoms with Crippen molar-refractivity contribution in [2.24, 2.45) is 0 Å². The van der Waals surface area contributed by atoms with E-state index in [0.29, 0.717) is 17.1 Å². The smallest absolute Gasteiger partial charge is 0.248 e. The first-order valence-electron chi connectivity index (χ1n) is 12.5. The topological polar surface area (TPSA) is 76.5 Å². The van der Waals surface area contributed by atoms with Gasteiger partial charge in [0.2, 0.25) is 11.8 Å². The van der Waals surface area contributed by atoms with Crippen LogP contribution in [0.15, 0.2) is 77.8 Å². The maximum Gasteiger partial charge on any atom is 0.248 e. The van der Waals surface area contributed by atoms with E-state index in [1.807, 2.05) is 98.2 Å². The summed E-state index contributed by atoms with van der Waals surface area (Å²) in [7, 11) is 1.61. The molecule has 0 radical (unpaired) electrons. The van der Waals surface area contributed by atoms with Crippen molar-refractivity contribution in [1.29, 1.82) is 0 Å². The molecule has 1 aromatic heterocycles. The van der Waals surface area contributed by atoms with Crippen molar-refractivity contribution in [2.45, 2.75) is 38.4 Å². The highest BCUT2D eigenvalue weighted by Crippen LogP contribution is 2.41. The number of fused-ring (bicyclic) bond motifs is 1. The quantitative estimate of drug-likeness (QED) is 0.369. The maximum absolute atomic E-state index is 14.1. The fourth-order valence-electron chi connectivity index (χ4n) is 4.73. The van der Waals surface area contributed by atoms with Gasteiger partial charge < -0.3 is 10.1 Å². The molecule has 2 heterocycles. The molecule has 8 heteroatoms. The average molecular weight is 527 g/mol. The van der Waals surface area contributed by atoms with Crippen molar-refractivity contribution in [1.82, 2.24) is 15.1 Å². The van der Waals surface area contributed by atoms with E-state index < -0.39 is 6.04 Å². The molecule has 0 saturated carbocycles. The second-order valence-corrected chi connectivity index (χ2v) is 10.3. The lowest BCUT2D eigenvalue weighted by atomic mass is 10.0. The van der Waals surface area contributed by atoms with Gasteiger partial charge in [0, 0.05) is 23.4 Å². The van der Waals surface area contributed by atoms with Crippen LogP contribution in [0, 0.1) is 20.8 Å². The Morgan fingerprint density at radius 2 is 1.74 bits per heavy atom. The number of nitrogens with one attached hydrogen (secondary N) is 1. The summed E-state index contributed by atoms with van der Waals surface area (Å²) in [6.07, 6.45) is 0. The van der Waals surface area contributed by atoms with E-state index in [2.05, 4.69) is 5.32 Å². The molecule has 38 heavy (non-hydrogen) atoms. The second kappa shape index (κ2) is 10.8. The van der Waals surface area contributed by atoms with Crippen LogP contribution in [0.4, 0.5) is 5.69 Å². The van der Waals surface area contributed by atoms with Gasteiger partial charge in [0.05, 0.1) is 24.2 Å². The highest BCUT2D eigenvalue weighted by Gasteiger charge is 2.40. The number of hydrogen-bond donors (Lipinski definition) is 1. The number of benzene rings is 3. The van der Waals surface area contributed by atoms with E-state index in [0.717, 1.165) is 33.0 Å². The number of hydrogen-bond acceptors (Lipinski definition) is 5. The molecular formula is C30H30N4O3S. The number of methoxy groups -OCH3 is 1. The van der Waals surface area contributed by atoms with Crippen LogP contribution in [0.2, 0.25) is 0 Å². The molecule has 0 fully saturated rings. The van der Waals surface area contributed by atoms with E-state index in [1.54, 1.807) is 12.0 Å². The standard InChI is InChI=1S/C30H30N4O3S/c1-19-14-15-24(16-20(19)2)33-26(35)18-38-30-27(21(3)32-34(30)23-11-6-5-7-12-23)28(33)29(36)31-17-22-10-8-9-13-25(22)37-4/h5-16,28H,17-18H2,1-4H3,(H,31,36). The van der Waals surface area contributed by atoms with Crippen LogP contribution in [0.1, 0.15) is 34.0 Å². The summed E-state index contributed by atoms with van der Waals surface area (Å²) < 4.78 is 7.31. The van der Waals surface area contributed by atoms with Crippen molar-refractivity contribution < 1.29 is 14.3 Å². The molecule has 0 saturated heterocycles. The molecule has 0 aliphatic carbocycles. The number of thioether (sulfide) groups is 1. The number of para-hydroxylation sites is 2. The second-order valence-electron chi connectivity index (χ2n) is 9.30. The third kappa shape index (κ3) is 4.79. The predicted octanol–water partition coefficient (Wildman–Crippen LogP) is 5.30. The van der Waals surface area contributed by atoms with Crippen LogP contribution >= 0.6 is 11.8 Å². The van der Waals surface area contributed by atoms with E-state index in [-0.39, 0.29) is 24.1 Å². The normalized spacial score (nSPS) is 15.1. The number of rotatable bonds is 6. The van der Waals surface area contributed by atoms with Crippen LogP contribution in [0.5, 0.6) is 5.75 Å². The zero-order chi connectivity index (χ0) is 26.8. The molecule has 1 atom stereocenters. The lowest BCUT2D eigenvalue weighted by Crippen LogP contribution is -2.44. The molecule has 194 valence electrons. The molecule has 0 bridgehead atoms. The van der Waals surface area contributed by atoms with Crippen LogP contribution in [0.25, 0.3) is 5.69 Å². The minimum Gasteiger partial charge on any atom is -0.496 e. The SMILES string of the molecule is COc1ccccc1CNC(=O)C1c2c(C)nn(-c3ccccc3)c2SCC(=O)N1c1ccc(C)c(C)c1. The summed E-state index contributed by atoms with van der Waals surface area (Å²) in [6.45, 7) is 6.20. The number of aromatic nitrogens is 2. The summed E-state index contributed by atoms with van der Waals surface area (Å²) in [5.41, 5.74) is 6.04. The number of aryl methyl sites for hydroxylation is 3. The predicted molar refractivity (Wildman–Crippen MR) is 150 cm³/mol. The Kier molecular flexibility index (Phi) is 7.24. The fourth-order valence-corrected chi connectivity index (χ4v) is 5.82. The van der Waals surface area contributed by atoms with Gasteiger partial charge in [0.15, 0.2) is 0 Å². The van der Waals surface area contributed by atoms with Crippen molar-refractivity contribution in [3.63, 3.8) is 0 Å². The van der Waals surface area contributed by atoms with Gasteiger partial charge >= 0.3 is 0 Å². The monoisotopic (exact) mass is 526 g/mol. The van der Waals surface area contributed by atoms with E-state index in [4.69, 9.17) is 9.84 Å². The van der Waals surface area contributed by atoms with Crippen molar-refractivity contribution in [3.05, 3.63) is 101 Å². The van der Waals surface area contributed by atoms with E-state index in [1.165, 1.54) is 11.8 Å². The molecule has 2 amide bonds. The largest absolute Gasteiger partial charge is 0.496 e. The highest BCUT2D eigenvalue weighted by molar-refractivity contribution is 8.00. The van der Waals surface area contributed by atoms with E-state index in [9.17, 15) is 9.59 Å². The molecule has 7 nitrogen and oxygen atoms in total. The Balaban J connectivity index is 1.62. The molecule has 1 aliphatic heterocycles. The Morgan fingerprint density at radius 1 is 1.00 bits per heavy atom. The van der Waals surface area contributed by atoms with Gasteiger partial charge in [0.25, 0.3) is 0 Å². The number of amides is 2. The van der Waals surface area contributed by atoms with Gasteiger partial charge in [-0.05, 0) is 62.2 Å². The lowest BCUT2D eigenvalue weighted by Gasteiger charge is -2.30. The maximum atomic E-state index is 14.1. The van der Waals surface area contributed by atoms with E-state index >= 15 is 0 Å². The van der Waals surface area contributed by atoms with Gasteiger partial charge in [-0.2, -0.15) is 5.10 Å². The Bertz CT molecular complexity index is 1500. The van der Waals surface area contributed by atoms with Crippen molar-refractivity contribution in [3.8, 4) is 11.4 Å². The summed E-state index contributed by atoms with van der Waals surface area (Å²) in [5.74, 6) is 0.474. The summed E-state index contributed by atoms with van der Waals surface area (Å²) >= 11 is 1.42. The minimum absolute atomic E-state index is 0.133. The Hall–Kier alpha value is -4.04. The third-order valence-corrected chi connectivity index (χ3v) is 7.92. The molecule has 1 aliphatic rings. The summed E-state index contributed by atoms with van der Waals surface area (Å²) in [6, 6.07) is 22.3. The lowest BCUT2D eigenvalue weighted by molar-refractivity contribution is -0.126. The summed E-state index contributed by atoms with van der Waals surface area (Å²) in [5, 5.41) is 8.70. The van der Waals surface area contributed by atoms with Gasteiger partial charge in [-0.1, -0.05) is 54.2 Å². The molecule has 3 aromatic carbocycles. The van der Waals surface area contributed by atoms with Crippen LogP contribution in [-0.4, -0.2) is 34.5 Å². The number of carbonyl (C=O) groups is 2. The zero-order valence-electron chi connectivity index (χ0n) is 21.9. The highest BCUT2D eigenvalue weighted by atomic mass is 32.2. The number of carbonyl (C=O) groups excluding carboxylic acids is 2. The van der Waals surface area contributed by atoms with Gasteiger partial charge in [-0.3, -0.25) is 14.5 Å². The van der Waals surface area contributed by atoms with Crippen LogP contribution in [-0.2, 0) is 16.1 Å². The molecule has 1 unspecified atom stereocenters. The number of nitrogens with zero attached hydrogens (tertiary/aromatic N) is 3. The molecular weight excluding hydrogens is 496 g/mol. The fraction of sp³-hybridized carbons (Fsp3) is 0.233. The molecule has 5 rings (SSSR count). The third-order valence-electron chi connectivity index (χ3n) is 6.86. The van der Waals surface area contributed by atoms with Gasteiger partial charge in [-0.25, -0.2) is 4.68 Å². The molecule has 4 aromatic rings. The van der Waals surface area contributed by atoms with Gasteiger partial charge in [0.1, 0.15) is 16.8 Å². The number of anilines is 1. The molecule has 1 N–H and O–H groups in total. The zero-order valence-corrected chi connectivity index (χ0v) is 22.7. The first kappa shape index (κ1) is 25.6. The average Bonchev–Trinajstić information content (AvgIpc) is 3.17. The summed E-state index contributed by atoms with van der Waals surface area (Å²) in [4.78, 5) is 29.4. The first-order chi connectivity index (χ1) is 18.4. The van der Waals surface area contributed by atoms with Crippen LogP contribution < -0.4 is 15.0 Å². The number of ether oxygens (including phenoxy) is 1. The Morgan fingerprint density at radius 3 is 2.47 bits per heavy atom. The minimum atomic E-state index is -0.887. The van der Waals surface area contributed by atoms with Crippen LogP contribution in [0.3, 0.4) is 0 Å².